The van der Waals surface area contributed by atoms with E-state index in [9.17, 15) is 14.4 Å². The fourth-order valence-electron chi connectivity index (χ4n) is 2.86. The lowest BCUT2D eigenvalue weighted by atomic mass is 9.93. The van der Waals surface area contributed by atoms with Crippen molar-refractivity contribution in [2.45, 2.75) is 19.3 Å². The van der Waals surface area contributed by atoms with Gasteiger partial charge in [-0.3, -0.25) is 14.4 Å². The number of pyridine rings is 1. The molecule has 0 unspecified atom stereocenters. The Morgan fingerprint density at radius 3 is 2.72 bits per heavy atom. The van der Waals surface area contributed by atoms with Crippen molar-refractivity contribution in [2.24, 2.45) is 0 Å². The molecule has 1 aliphatic carbocycles. The second-order valence-electron chi connectivity index (χ2n) is 6.07. The second-order valence-corrected chi connectivity index (χ2v) is 6.07. The highest BCUT2D eigenvalue weighted by Crippen LogP contribution is 2.19. The number of hydrogen-bond acceptors (Lipinski definition) is 4. The number of H-pyrrole nitrogens is 1. The predicted octanol–water partition coefficient (Wildman–Crippen LogP) is 2.04. The lowest BCUT2D eigenvalue weighted by molar-refractivity contribution is 0.0772. The third kappa shape index (κ3) is 3.79. The van der Waals surface area contributed by atoms with Crippen LogP contribution in [-0.4, -0.2) is 41.8 Å². The summed E-state index contributed by atoms with van der Waals surface area (Å²) in [5.41, 5.74) is 0.640. The van der Waals surface area contributed by atoms with E-state index < -0.39 is 11.5 Å². The molecule has 6 heteroatoms. The average molecular weight is 340 g/mol. The number of aromatic nitrogens is 1. The highest BCUT2D eigenvalue weighted by molar-refractivity contribution is 6.01. The Hall–Kier alpha value is -2.89. The number of fused-ring (bicyclic) bond motifs is 1. The van der Waals surface area contributed by atoms with Gasteiger partial charge in [0.25, 0.3) is 11.5 Å². The SMILES string of the molecule is CN(CCOc1ccccc1)C(=O)c1cc2c([nH]c1=O)CCCC2=O. The molecule has 0 aliphatic heterocycles. The lowest BCUT2D eigenvalue weighted by Crippen LogP contribution is -2.35. The van der Waals surface area contributed by atoms with Crippen LogP contribution in [0.25, 0.3) is 0 Å². The summed E-state index contributed by atoms with van der Waals surface area (Å²) in [6, 6.07) is 10.7. The molecule has 0 saturated carbocycles. The minimum absolute atomic E-state index is 0.00351. The Morgan fingerprint density at radius 2 is 1.96 bits per heavy atom. The van der Waals surface area contributed by atoms with E-state index in [-0.39, 0.29) is 11.3 Å². The number of benzene rings is 1. The molecular formula is C19H20N2O4. The Bertz CT molecular complexity index is 842. The topological polar surface area (TPSA) is 79.5 Å². The summed E-state index contributed by atoms with van der Waals surface area (Å²) in [5.74, 6) is 0.279. The zero-order chi connectivity index (χ0) is 17.8. The number of hydrogen-bond donors (Lipinski definition) is 1. The van der Waals surface area contributed by atoms with Gasteiger partial charge in [0, 0.05) is 24.7 Å². The normalized spacial score (nSPS) is 13.2. The van der Waals surface area contributed by atoms with Gasteiger partial charge in [-0.25, -0.2) is 0 Å². The van der Waals surface area contributed by atoms with Gasteiger partial charge in [0.05, 0.1) is 6.54 Å². The Kier molecular flexibility index (Phi) is 4.97. The summed E-state index contributed by atoms with van der Waals surface area (Å²) < 4.78 is 5.57. The van der Waals surface area contributed by atoms with Crippen molar-refractivity contribution in [3.63, 3.8) is 0 Å². The molecule has 6 nitrogen and oxygen atoms in total. The molecular weight excluding hydrogens is 320 g/mol. The zero-order valence-electron chi connectivity index (χ0n) is 14.1. The van der Waals surface area contributed by atoms with E-state index >= 15 is 0 Å². The molecule has 0 saturated heterocycles. The number of carbonyl (C=O) groups is 2. The summed E-state index contributed by atoms with van der Waals surface area (Å²) in [6.07, 6.45) is 1.84. The second kappa shape index (κ2) is 7.34. The molecule has 1 amide bonds. The van der Waals surface area contributed by atoms with Crippen LogP contribution in [0.4, 0.5) is 0 Å². The Labute approximate surface area is 145 Å². The molecule has 0 radical (unpaired) electrons. The maximum absolute atomic E-state index is 12.5. The van der Waals surface area contributed by atoms with Crippen LogP contribution in [0.15, 0.2) is 41.2 Å². The number of likely N-dealkylation sites (N-methyl/N-ethyl adjacent to an activating group) is 1. The molecule has 130 valence electrons. The molecule has 2 aromatic rings. The molecule has 0 spiro atoms. The van der Waals surface area contributed by atoms with Crippen LogP contribution in [0.5, 0.6) is 5.75 Å². The van der Waals surface area contributed by atoms with E-state index in [0.717, 1.165) is 12.2 Å². The Balaban J connectivity index is 1.68. The smallest absolute Gasteiger partial charge is 0.261 e. The quantitative estimate of drug-likeness (QED) is 0.903. The summed E-state index contributed by atoms with van der Waals surface area (Å²) in [4.78, 5) is 40.8. The Morgan fingerprint density at radius 1 is 1.20 bits per heavy atom. The molecule has 1 aromatic heterocycles. The third-order valence-electron chi connectivity index (χ3n) is 4.27. The molecule has 25 heavy (non-hydrogen) atoms. The molecule has 1 aromatic carbocycles. The summed E-state index contributed by atoms with van der Waals surface area (Å²) in [7, 11) is 1.61. The first-order chi connectivity index (χ1) is 12.1. The van der Waals surface area contributed by atoms with E-state index in [1.165, 1.54) is 11.0 Å². The van der Waals surface area contributed by atoms with Gasteiger partial charge < -0.3 is 14.6 Å². The van der Waals surface area contributed by atoms with Crippen molar-refractivity contribution in [2.75, 3.05) is 20.2 Å². The van der Waals surface area contributed by atoms with Crippen LogP contribution in [0.1, 0.15) is 39.3 Å². The maximum atomic E-state index is 12.5. The largest absolute Gasteiger partial charge is 0.492 e. The third-order valence-corrected chi connectivity index (χ3v) is 4.27. The van der Waals surface area contributed by atoms with Gasteiger partial charge >= 0.3 is 0 Å². The fraction of sp³-hybridized carbons (Fsp3) is 0.316. The van der Waals surface area contributed by atoms with E-state index in [1.54, 1.807) is 7.05 Å². The van der Waals surface area contributed by atoms with Gasteiger partial charge in [-0.2, -0.15) is 0 Å². The van der Waals surface area contributed by atoms with Crippen molar-refractivity contribution in [3.05, 3.63) is 63.6 Å². The van der Waals surface area contributed by atoms with Crippen molar-refractivity contribution in [1.29, 1.82) is 0 Å². The number of Topliss-reactive ketones (excluding diaryl/α,β-unsaturated/α-hetero) is 1. The number of aromatic amines is 1. The zero-order valence-corrected chi connectivity index (χ0v) is 14.1. The number of ether oxygens (including phenoxy) is 1. The summed E-state index contributed by atoms with van der Waals surface area (Å²) >= 11 is 0. The summed E-state index contributed by atoms with van der Waals surface area (Å²) in [5, 5.41) is 0. The van der Waals surface area contributed by atoms with Gasteiger partial charge in [0.15, 0.2) is 5.78 Å². The molecule has 1 heterocycles. The van der Waals surface area contributed by atoms with Gasteiger partial charge in [-0.05, 0) is 31.0 Å². The summed E-state index contributed by atoms with van der Waals surface area (Å²) in [6.45, 7) is 0.645. The predicted molar refractivity (Wildman–Crippen MR) is 93.2 cm³/mol. The number of nitrogens with zero attached hydrogens (tertiary/aromatic N) is 1. The number of rotatable bonds is 5. The van der Waals surface area contributed by atoms with E-state index in [1.807, 2.05) is 30.3 Å². The molecule has 3 rings (SSSR count). The highest BCUT2D eigenvalue weighted by atomic mass is 16.5. The monoisotopic (exact) mass is 340 g/mol. The van der Waals surface area contributed by atoms with Gasteiger partial charge in [-0.15, -0.1) is 0 Å². The van der Waals surface area contributed by atoms with Crippen LogP contribution in [0.3, 0.4) is 0 Å². The molecule has 1 N–H and O–H groups in total. The first-order valence-corrected chi connectivity index (χ1v) is 8.29. The van der Waals surface area contributed by atoms with Gasteiger partial charge in [0.1, 0.15) is 17.9 Å². The lowest BCUT2D eigenvalue weighted by Gasteiger charge is -2.19. The van der Waals surface area contributed by atoms with E-state index in [2.05, 4.69) is 4.98 Å². The van der Waals surface area contributed by atoms with Crippen LogP contribution in [-0.2, 0) is 6.42 Å². The van der Waals surface area contributed by atoms with Crippen molar-refractivity contribution < 1.29 is 14.3 Å². The van der Waals surface area contributed by atoms with Gasteiger partial charge in [0.2, 0.25) is 0 Å². The molecule has 1 aliphatic rings. The standard InChI is InChI=1S/C19H20N2O4/c1-21(10-11-25-13-6-3-2-4-7-13)19(24)15-12-14-16(20-18(15)23)8-5-9-17(14)22/h2-4,6-7,12H,5,8-11H2,1H3,(H,20,23). The highest BCUT2D eigenvalue weighted by Gasteiger charge is 2.23. The number of para-hydroxylation sites is 1. The van der Waals surface area contributed by atoms with Crippen molar-refractivity contribution in [3.8, 4) is 5.75 Å². The minimum atomic E-state index is -0.450. The van der Waals surface area contributed by atoms with Crippen LogP contribution >= 0.6 is 0 Å². The number of nitrogens with one attached hydrogen (secondary N) is 1. The van der Waals surface area contributed by atoms with Gasteiger partial charge in [-0.1, -0.05) is 18.2 Å². The van der Waals surface area contributed by atoms with Crippen molar-refractivity contribution in [1.82, 2.24) is 9.88 Å². The van der Waals surface area contributed by atoms with E-state index in [4.69, 9.17) is 4.74 Å². The van der Waals surface area contributed by atoms with Crippen molar-refractivity contribution >= 4 is 11.7 Å². The number of aryl methyl sites for hydroxylation is 1. The molecule has 0 bridgehead atoms. The minimum Gasteiger partial charge on any atom is -0.492 e. The first-order valence-electron chi connectivity index (χ1n) is 8.29. The fourth-order valence-corrected chi connectivity index (χ4v) is 2.86. The molecule has 0 atom stereocenters. The molecule has 0 fully saturated rings. The average Bonchev–Trinajstić information content (AvgIpc) is 2.62. The van der Waals surface area contributed by atoms with E-state index in [0.29, 0.717) is 37.3 Å². The number of carbonyl (C=O) groups excluding carboxylic acids is 2. The van der Waals surface area contributed by atoms with Crippen LogP contribution in [0, 0.1) is 0 Å². The number of amides is 1. The maximum Gasteiger partial charge on any atom is 0.261 e. The van der Waals surface area contributed by atoms with Crippen LogP contribution in [0.2, 0.25) is 0 Å². The number of ketones is 1. The van der Waals surface area contributed by atoms with Crippen LogP contribution < -0.4 is 10.3 Å². The first kappa shape index (κ1) is 17.0.